The van der Waals surface area contributed by atoms with E-state index < -0.39 is 0 Å². The van der Waals surface area contributed by atoms with Gasteiger partial charge in [0.05, 0.1) is 46.1 Å². The fraction of sp³-hybridized carbons (Fsp3) is 0.324. The lowest BCUT2D eigenvalue weighted by atomic mass is 9.99. The highest BCUT2D eigenvalue weighted by atomic mass is 16.5. The SMILES string of the molecule is COc1ccc(OCCOCCO)c(C(=O)c2ccc(C(=O)N[C@@H]3CNC[C@@H]3NC(=O)c3ccc4c(c3)CC=C4)cc2)c1OC. The van der Waals surface area contributed by atoms with Crippen LogP contribution in [0, 0.1) is 0 Å². The number of aliphatic hydroxyl groups is 1. The van der Waals surface area contributed by atoms with E-state index in [0.717, 1.165) is 17.5 Å². The van der Waals surface area contributed by atoms with E-state index in [1.54, 1.807) is 36.4 Å². The first-order chi connectivity index (χ1) is 21.9. The van der Waals surface area contributed by atoms with Crippen LogP contribution in [0.25, 0.3) is 6.08 Å². The summed E-state index contributed by atoms with van der Waals surface area (Å²) in [6.07, 6.45) is 4.93. The lowest BCUT2D eigenvalue weighted by Gasteiger charge is -2.21. The summed E-state index contributed by atoms with van der Waals surface area (Å²) >= 11 is 0. The quantitative estimate of drug-likeness (QED) is 0.159. The monoisotopic (exact) mass is 615 g/mol. The van der Waals surface area contributed by atoms with Crippen LogP contribution in [0.3, 0.4) is 0 Å². The van der Waals surface area contributed by atoms with Gasteiger partial charge in [0.25, 0.3) is 11.8 Å². The highest BCUT2D eigenvalue weighted by Gasteiger charge is 2.31. The number of fused-ring (bicyclic) bond motifs is 1. The van der Waals surface area contributed by atoms with Crippen molar-refractivity contribution in [1.29, 1.82) is 0 Å². The van der Waals surface area contributed by atoms with Crippen molar-refractivity contribution in [2.24, 2.45) is 0 Å². The third-order valence-electron chi connectivity index (χ3n) is 7.75. The van der Waals surface area contributed by atoms with Crippen molar-refractivity contribution in [2.45, 2.75) is 18.5 Å². The van der Waals surface area contributed by atoms with Crippen LogP contribution in [0.5, 0.6) is 17.2 Å². The molecule has 0 radical (unpaired) electrons. The third-order valence-corrected chi connectivity index (χ3v) is 7.75. The van der Waals surface area contributed by atoms with E-state index in [0.29, 0.717) is 35.5 Å². The highest BCUT2D eigenvalue weighted by molar-refractivity contribution is 6.13. The molecule has 1 fully saturated rings. The van der Waals surface area contributed by atoms with Gasteiger partial charge < -0.3 is 40.0 Å². The molecule has 1 aliphatic carbocycles. The van der Waals surface area contributed by atoms with Gasteiger partial charge in [-0.3, -0.25) is 14.4 Å². The molecule has 0 aromatic heterocycles. The topological polar surface area (TPSA) is 144 Å². The number of rotatable bonds is 14. The number of methoxy groups -OCH3 is 2. The Morgan fingerprint density at radius 3 is 2.18 bits per heavy atom. The van der Waals surface area contributed by atoms with Gasteiger partial charge in [-0.05, 0) is 53.9 Å². The van der Waals surface area contributed by atoms with Gasteiger partial charge in [0.15, 0.2) is 11.5 Å². The summed E-state index contributed by atoms with van der Waals surface area (Å²) in [6.45, 7) is 1.48. The number of ether oxygens (including phenoxy) is 4. The molecule has 3 aromatic rings. The predicted molar refractivity (Wildman–Crippen MR) is 167 cm³/mol. The first kappa shape index (κ1) is 31.7. The van der Waals surface area contributed by atoms with Crippen LogP contribution in [0.2, 0.25) is 0 Å². The van der Waals surface area contributed by atoms with Crippen LogP contribution in [0.15, 0.2) is 60.7 Å². The molecule has 0 saturated carbocycles. The number of ketones is 1. The zero-order chi connectivity index (χ0) is 31.8. The highest BCUT2D eigenvalue weighted by Crippen LogP contribution is 2.39. The Morgan fingerprint density at radius 1 is 0.822 bits per heavy atom. The van der Waals surface area contributed by atoms with Crippen molar-refractivity contribution in [2.75, 3.05) is 53.7 Å². The van der Waals surface area contributed by atoms with Crippen molar-refractivity contribution in [3.8, 4) is 17.2 Å². The number of hydrogen-bond acceptors (Lipinski definition) is 9. The summed E-state index contributed by atoms with van der Waals surface area (Å²) in [4.78, 5) is 39.9. The predicted octanol–water partition coefficient (Wildman–Crippen LogP) is 2.39. The second kappa shape index (κ2) is 14.8. The third kappa shape index (κ3) is 7.34. The van der Waals surface area contributed by atoms with Gasteiger partial charge in [0.2, 0.25) is 5.78 Å². The Bertz CT molecular complexity index is 1570. The van der Waals surface area contributed by atoms with E-state index in [2.05, 4.69) is 22.0 Å². The number of amides is 2. The average molecular weight is 616 g/mol. The molecule has 1 saturated heterocycles. The Morgan fingerprint density at radius 2 is 1.49 bits per heavy atom. The molecule has 1 aliphatic heterocycles. The van der Waals surface area contributed by atoms with E-state index in [4.69, 9.17) is 24.1 Å². The first-order valence-electron chi connectivity index (χ1n) is 14.8. The Balaban J connectivity index is 1.25. The smallest absolute Gasteiger partial charge is 0.251 e. The second-order valence-electron chi connectivity index (χ2n) is 10.6. The van der Waals surface area contributed by atoms with Crippen LogP contribution in [0.1, 0.15) is 47.8 Å². The van der Waals surface area contributed by atoms with Crippen LogP contribution < -0.4 is 30.2 Å². The van der Waals surface area contributed by atoms with Gasteiger partial charge in [-0.2, -0.15) is 0 Å². The van der Waals surface area contributed by atoms with Gasteiger partial charge in [-0.25, -0.2) is 0 Å². The number of hydrogen-bond donors (Lipinski definition) is 4. The van der Waals surface area contributed by atoms with E-state index in [1.165, 1.54) is 14.2 Å². The molecule has 0 unspecified atom stereocenters. The fourth-order valence-corrected chi connectivity index (χ4v) is 5.42. The molecule has 4 N–H and O–H groups in total. The summed E-state index contributed by atoms with van der Waals surface area (Å²) in [5, 5.41) is 18.2. The Kier molecular flexibility index (Phi) is 10.5. The number of benzene rings is 3. The zero-order valence-corrected chi connectivity index (χ0v) is 25.3. The normalized spacial score (nSPS) is 16.6. The summed E-state index contributed by atoms with van der Waals surface area (Å²) in [5.74, 6) is -0.0253. The lowest BCUT2D eigenvalue weighted by molar-refractivity contribution is 0.0700. The molecule has 45 heavy (non-hydrogen) atoms. The van der Waals surface area contributed by atoms with E-state index in [1.807, 2.05) is 24.3 Å². The minimum Gasteiger partial charge on any atom is -0.493 e. The maximum atomic E-state index is 13.7. The summed E-state index contributed by atoms with van der Waals surface area (Å²) in [7, 11) is 2.91. The molecule has 2 aliphatic rings. The molecule has 236 valence electrons. The Labute approximate surface area is 261 Å². The van der Waals surface area contributed by atoms with Crippen LogP contribution >= 0.6 is 0 Å². The van der Waals surface area contributed by atoms with Crippen LogP contribution in [-0.4, -0.2) is 88.5 Å². The number of carbonyl (C=O) groups excluding carboxylic acids is 3. The van der Waals surface area contributed by atoms with Crippen LogP contribution in [0.4, 0.5) is 0 Å². The van der Waals surface area contributed by atoms with Crippen molar-refractivity contribution >= 4 is 23.7 Å². The minimum absolute atomic E-state index is 0.101. The molecule has 1 heterocycles. The maximum absolute atomic E-state index is 13.7. The second-order valence-corrected chi connectivity index (χ2v) is 10.6. The molecular formula is C34H37N3O8. The van der Waals surface area contributed by atoms with Gasteiger partial charge in [-0.1, -0.05) is 30.4 Å². The number of nitrogens with one attached hydrogen (secondary N) is 3. The molecular weight excluding hydrogens is 578 g/mol. The number of carbonyl (C=O) groups is 3. The summed E-state index contributed by atoms with van der Waals surface area (Å²) in [5.41, 5.74) is 3.69. The molecule has 2 amide bonds. The van der Waals surface area contributed by atoms with E-state index in [-0.39, 0.29) is 73.2 Å². The average Bonchev–Trinajstić information content (AvgIpc) is 3.72. The standard InChI is InChI=1S/C34H37N3O8/c1-42-29-13-12-28(45-17-16-44-15-14-38)30(32(29)43-2)31(39)22-7-9-23(10-8-22)33(40)36-26-19-35-20-27(26)37-34(41)25-11-6-21-4-3-5-24(21)18-25/h3-4,6-13,18,26-27,35,38H,5,14-17,19-20H2,1-2H3,(H,36,40)(H,37,41)/t26-,27+/m1/s1. The minimum atomic E-state index is -0.380. The van der Waals surface area contributed by atoms with Crippen LogP contribution in [-0.2, 0) is 11.2 Å². The lowest BCUT2D eigenvalue weighted by Crippen LogP contribution is -2.51. The number of aliphatic hydroxyl groups excluding tert-OH is 1. The molecule has 0 bridgehead atoms. The van der Waals surface area contributed by atoms with E-state index in [9.17, 15) is 14.4 Å². The van der Waals surface area contributed by atoms with Crippen molar-refractivity contribution < 1.29 is 38.4 Å². The molecule has 0 spiro atoms. The molecule has 2 atom stereocenters. The van der Waals surface area contributed by atoms with Crippen molar-refractivity contribution in [1.82, 2.24) is 16.0 Å². The maximum Gasteiger partial charge on any atom is 0.251 e. The zero-order valence-electron chi connectivity index (χ0n) is 25.3. The van der Waals surface area contributed by atoms with Crippen molar-refractivity contribution in [3.63, 3.8) is 0 Å². The van der Waals surface area contributed by atoms with Crippen molar-refractivity contribution in [3.05, 3.63) is 94.1 Å². The molecule has 5 rings (SSSR count). The molecule has 11 nitrogen and oxygen atoms in total. The largest absolute Gasteiger partial charge is 0.493 e. The molecule has 3 aromatic carbocycles. The first-order valence-corrected chi connectivity index (χ1v) is 14.8. The fourth-order valence-electron chi connectivity index (χ4n) is 5.42. The van der Waals surface area contributed by atoms with Gasteiger partial charge >= 0.3 is 0 Å². The van der Waals surface area contributed by atoms with E-state index >= 15 is 0 Å². The Hall–Kier alpha value is -4.71. The summed E-state index contributed by atoms with van der Waals surface area (Å²) in [6, 6.07) is 14.6. The molecule has 11 heteroatoms. The van der Waals surface area contributed by atoms with Gasteiger partial charge in [-0.15, -0.1) is 0 Å². The van der Waals surface area contributed by atoms with Gasteiger partial charge in [0.1, 0.15) is 17.9 Å². The van der Waals surface area contributed by atoms with Gasteiger partial charge in [0, 0.05) is 29.8 Å². The summed E-state index contributed by atoms with van der Waals surface area (Å²) < 4.78 is 22.0. The number of allylic oxidation sites excluding steroid dienone is 1.